The molecule has 0 saturated carbocycles. The van der Waals surface area contributed by atoms with Crippen molar-refractivity contribution in [1.29, 1.82) is 0 Å². The molecule has 0 N–H and O–H groups in total. The maximum absolute atomic E-state index is 12.9. The van der Waals surface area contributed by atoms with Gasteiger partial charge in [-0.3, -0.25) is 9.59 Å². The van der Waals surface area contributed by atoms with E-state index in [0.717, 1.165) is 5.69 Å². The first-order valence-corrected chi connectivity index (χ1v) is 10.5. The summed E-state index contributed by atoms with van der Waals surface area (Å²) < 4.78 is 1.35. The summed E-state index contributed by atoms with van der Waals surface area (Å²) in [6.45, 7) is 2.45. The van der Waals surface area contributed by atoms with Crippen LogP contribution in [0.3, 0.4) is 0 Å². The molecule has 0 bridgehead atoms. The van der Waals surface area contributed by atoms with Crippen molar-refractivity contribution < 1.29 is 4.79 Å². The fourth-order valence-corrected chi connectivity index (χ4v) is 3.79. The summed E-state index contributed by atoms with van der Waals surface area (Å²) in [5, 5.41) is 5.07. The normalized spacial score (nSPS) is 13.9. The van der Waals surface area contributed by atoms with Gasteiger partial charge in [0.05, 0.1) is 5.69 Å². The van der Waals surface area contributed by atoms with Crippen molar-refractivity contribution in [3.8, 4) is 5.69 Å². The lowest BCUT2D eigenvalue weighted by Crippen LogP contribution is -2.49. The van der Waals surface area contributed by atoms with E-state index in [2.05, 4.69) is 10.00 Å². The van der Waals surface area contributed by atoms with Gasteiger partial charge in [0, 0.05) is 62.6 Å². The predicted octanol–water partition coefficient (Wildman–Crippen LogP) is 2.91. The molecule has 31 heavy (non-hydrogen) atoms. The van der Waals surface area contributed by atoms with Crippen molar-refractivity contribution in [2.45, 2.75) is 0 Å². The van der Waals surface area contributed by atoms with Crippen molar-refractivity contribution >= 4 is 29.0 Å². The summed E-state index contributed by atoms with van der Waals surface area (Å²) in [5.41, 5.74) is 2.08. The Morgan fingerprint density at radius 3 is 2.42 bits per heavy atom. The minimum Gasteiger partial charge on any atom is -0.378 e. The third kappa shape index (κ3) is 4.56. The molecule has 1 aliphatic heterocycles. The Morgan fingerprint density at radius 2 is 1.71 bits per heavy atom. The largest absolute Gasteiger partial charge is 0.378 e. The molecule has 1 fully saturated rings. The Labute approximate surface area is 186 Å². The van der Waals surface area contributed by atoms with E-state index in [-0.39, 0.29) is 11.5 Å². The van der Waals surface area contributed by atoms with Gasteiger partial charge >= 0.3 is 0 Å². The molecular weight excluding hydrogens is 414 g/mol. The molecule has 1 aromatic heterocycles. The lowest BCUT2D eigenvalue weighted by atomic mass is 10.1. The summed E-state index contributed by atoms with van der Waals surface area (Å²) in [7, 11) is 3.91. The third-order valence-corrected chi connectivity index (χ3v) is 5.57. The molecular formula is C23H24ClN5O2. The monoisotopic (exact) mass is 437 g/mol. The van der Waals surface area contributed by atoms with E-state index in [4.69, 9.17) is 11.6 Å². The fourth-order valence-electron chi connectivity index (χ4n) is 3.60. The van der Waals surface area contributed by atoms with Gasteiger partial charge in [0.2, 0.25) is 0 Å². The number of aromatic nitrogens is 2. The van der Waals surface area contributed by atoms with Gasteiger partial charge in [-0.2, -0.15) is 4.68 Å². The number of benzene rings is 2. The first kappa shape index (κ1) is 20.9. The first-order valence-electron chi connectivity index (χ1n) is 10.1. The van der Waals surface area contributed by atoms with Crippen LogP contribution in [0.2, 0.25) is 5.02 Å². The average molecular weight is 438 g/mol. The molecule has 1 amide bonds. The lowest BCUT2D eigenvalue weighted by molar-refractivity contribution is 0.0746. The molecule has 2 aromatic carbocycles. The van der Waals surface area contributed by atoms with Crippen LogP contribution in [-0.4, -0.2) is 60.9 Å². The van der Waals surface area contributed by atoms with Crippen LogP contribution in [0.5, 0.6) is 0 Å². The quantitative estimate of drug-likeness (QED) is 0.628. The van der Waals surface area contributed by atoms with Crippen LogP contribution in [0.15, 0.2) is 65.5 Å². The third-order valence-electron chi connectivity index (χ3n) is 5.34. The van der Waals surface area contributed by atoms with Gasteiger partial charge in [0.25, 0.3) is 11.5 Å². The van der Waals surface area contributed by atoms with Crippen molar-refractivity contribution in [2.24, 2.45) is 0 Å². The van der Waals surface area contributed by atoms with Crippen molar-refractivity contribution in [2.75, 3.05) is 50.1 Å². The Hall–Kier alpha value is -3.32. The smallest absolute Gasteiger partial charge is 0.271 e. The van der Waals surface area contributed by atoms with E-state index < -0.39 is 0 Å². The number of carbonyl (C=O) groups is 1. The second kappa shape index (κ2) is 8.81. The predicted molar refractivity (Wildman–Crippen MR) is 124 cm³/mol. The van der Waals surface area contributed by atoms with Crippen LogP contribution in [0.1, 0.15) is 10.4 Å². The van der Waals surface area contributed by atoms with E-state index in [1.165, 1.54) is 10.7 Å². The maximum atomic E-state index is 12.9. The maximum Gasteiger partial charge on any atom is 0.271 e. The van der Waals surface area contributed by atoms with Gasteiger partial charge in [-0.15, -0.1) is 5.10 Å². The Morgan fingerprint density at radius 1 is 0.968 bits per heavy atom. The van der Waals surface area contributed by atoms with Crippen LogP contribution in [0, 0.1) is 0 Å². The van der Waals surface area contributed by atoms with Crippen LogP contribution < -0.4 is 15.4 Å². The molecule has 0 radical (unpaired) electrons. The molecule has 7 nitrogen and oxygen atoms in total. The summed E-state index contributed by atoms with van der Waals surface area (Å²) in [6.07, 6.45) is 0. The zero-order chi connectivity index (χ0) is 22.0. The standard InChI is InChI=1S/C23H24ClN5O2/c1-26(2)19-7-3-5-17(15-19)23(31)28-13-11-27(12-14-28)21-9-10-22(30)29(25-21)20-8-4-6-18(24)16-20/h3-10,15-16H,11-14H2,1-2H3. The highest BCUT2D eigenvalue weighted by atomic mass is 35.5. The lowest BCUT2D eigenvalue weighted by Gasteiger charge is -2.35. The number of hydrogen-bond donors (Lipinski definition) is 0. The highest BCUT2D eigenvalue weighted by Crippen LogP contribution is 2.19. The highest BCUT2D eigenvalue weighted by molar-refractivity contribution is 6.30. The van der Waals surface area contributed by atoms with Gasteiger partial charge in [-0.1, -0.05) is 23.7 Å². The van der Waals surface area contributed by atoms with Crippen molar-refractivity contribution in [3.05, 3.63) is 81.6 Å². The molecule has 4 rings (SSSR count). The van der Waals surface area contributed by atoms with E-state index in [1.807, 2.05) is 48.2 Å². The number of amides is 1. The molecule has 1 aliphatic rings. The van der Waals surface area contributed by atoms with E-state index in [9.17, 15) is 9.59 Å². The molecule has 0 aliphatic carbocycles. The number of nitrogens with zero attached hydrogens (tertiary/aromatic N) is 5. The number of anilines is 2. The number of carbonyl (C=O) groups excluding carboxylic acids is 1. The van der Waals surface area contributed by atoms with Crippen molar-refractivity contribution in [3.63, 3.8) is 0 Å². The second-order valence-corrected chi connectivity index (χ2v) is 8.08. The number of piperazine rings is 1. The Bertz CT molecular complexity index is 1150. The average Bonchev–Trinajstić information content (AvgIpc) is 2.79. The van der Waals surface area contributed by atoms with Crippen molar-refractivity contribution in [1.82, 2.24) is 14.7 Å². The summed E-state index contributed by atoms with van der Waals surface area (Å²) in [4.78, 5) is 31.2. The van der Waals surface area contributed by atoms with Gasteiger partial charge in [-0.05, 0) is 42.5 Å². The van der Waals surface area contributed by atoms with Gasteiger partial charge < -0.3 is 14.7 Å². The van der Waals surface area contributed by atoms with E-state index in [0.29, 0.717) is 48.3 Å². The molecule has 0 atom stereocenters. The van der Waals surface area contributed by atoms with Crippen LogP contribution in [0.4, 0.5) is 11.5 Å². The van der Waals surface area contributed by atoms with Crippen LogP contribution >= 0.6 is 11.6 Å². The summed E-state index contributed by atoms with van der Waals surface area (Å²) in [5.74, 6) is 0.724. The van der Waals surface area contributed by atoms with E-state index >= 15 is 0 Å². The van der Waals surface area contributed by atoms with Gasteiger partial charge in [0.15, 0.2) is 0 Å². The molecule has 0 spiro atoms. The fraction of sp³-hybridized carbons (Fsp3) is 0.261. The zero-order valence-electron chi connectivity index (χ0n) is 17.5. The van der Waals surface area contributed by atoms with E-state index in [1.54, 1.807) is 30.3 Å². The number of rotatable bonds is 4. The SMILES string of the molecule is CN(C)c1cccc(C(=O)N2CCN(c3ccc(=O)n(-c4cccc(Cl)c4)n3)CC2)c1. The molecule has 0 unspecified atom stereocenters. The molecule has 3 aromatic rings. The number of halogens is 1. The van der Waals surface area contributed by atoms with Crippen LogP contribution in [-0.2, 0) is 0 Å². The summed E-state index contributed by atoms with van der Waals surface area (Å²) in [6, 6.07) is 17.9. The molecule has 2 heterocycles. The second-order valence-electron chi connectivity index (χ2n) is 7.65. The Kier molecular flexibility index (Phi) is 5.95. The summed E-state index contributed by atoms with van der Waals surface area (Å²) >= 11 is 6.07. The minimum absolute atomic E-state index is 0.0280. The Balaban J connectivity index is 1.48. The molecule has 1 saturated heterocycles. The van der Waals surface area contributed by atoms with Gasteiger partial charge in [0.1, 0.15) is 5.82 Å². The highest BCUT2D eigenvalue weighted by Gasteiger charge is 2.23. The van der Waals surface area contributed by atoms with Crippen LogP contribution in [0.25, 0.3) is 5.69 Å². The zero-order valence-corrected chi connectivity index (χ0v) is 18.3. The molecule has 8 heteroatoms. The number of hydrogen-bond acceptors (Lipinski definition) is 5. The van der Waals surface area contributed by atoms with Gasteiger partial charge in [-0.25, -0.2) is 0 Å². The molecule has 160 valence electrons. The first-order chi connectivity index (χ1) is 14.9. The topological polar surface area (TPSA) is 61.7 Å². The minimum atomic E-state index is -0.222.